The van der Waals surface area contributed by atoms with Crippen LogP contribution in [0.5, 0.6) is 0 Å². The summed E-state index contributed by atoms with van der Waals surface area (Å²) in [6.45, 7) is 0.504. The van der Waals surface area contributed by atoms with E-state index in [2.05, 4.69) is 4.98 Å². The molecule has 0 bridgehead atoms. The van der Waals surface area contributed by atoms with Crippen molar-refractivity contribution in [2.45, 2.75) is 37.5 Å². The highest BCUT2D eigenvalue weighted by molar-refractivity contribution is 5.16. The van der Waals surface area contributed by atoms with Crippen LogP contribution in [0.15, 0.2) is 24.5 Å². The summed E-state index contributed by atoms with van der Waals surface area (Å²) >= 11 is 0. The molecule has 0 radical (unpaired) electrons. The molecule has 0 aromatic carbocycles. The molecule has 1 aliphatic rings. The molecule has 2 N–H and O–H groups in total. The quantitative estimate of drug-likeness (QED) is 0.916. The van der Waals surface area contributed by atoms with Crippen LogP contribution in [0.3, 0.4) is 0 Å². The Morgan fingerprint density at radius 2 is 2.26 bits per heavy atom. The van der Waals surface area contributed by atoms with Crippen LogP contribution in [-0.4, -0.2) is 35.2 Å². The Balaban J connectivity index is 2.21. The fraction of sp³-hybridized carbons (Fsp3) is 0.615. The number of alkyl halides is 3. The molecule has 19 heavy (non-hydrogen) atoms. The Labute approximate surface area is 110 Å². The van der Waals surface area contributed by atoms with Gasteiger partial charge in [0.05, 0.1) is 0 Å². The predicted octanol–water partition coefficient (Wildman–Crippen LogP) is 2.50. The highest BCUT2D eigenvalue weighted by Crippen LogP contribution is 2.39. The monoisotopic (exact) mass is 273 g/mol. The second kappa shape index (κ2) is 5.88. The van der Waals surface area contributed by atoms with Crippen LogP contribution in [0.2, 0.25) is 0 Å². The first-order valence-electron chi connectivity index (χ1n) is 6.46. The molecule has 1 aliphatic heterocycles. The minimum atomic E-state index is -4.23. The van der Waals surface area contributed by atoms with Crippen molar-refractivity contribution in [3.8, 4) is 0 Å². The number of halogens is 3. The van der Waals surface area contributed by atoms with E-state index in [0.29, 0.717) is 6.54 Å². The molecule has 3 nitrogen and oxygen atoms in total. The molecule has 0 saturated carbocycles. The van der Waals surface area contributed by atoms with E-state index in [4.69, 9.17) is 5.73 Å². The molecular formula is C13H18F3N3. The molecule has 1 aromatic heterocycles. The number of hydrogen-bond acceptors (Lipinski definition) is 3. The average Bonchev–Trinajstić information content (AvgIpc) is 2.84. The normalized spacial score (nSPS) is 22.6. The van der Waals surface area contributed by atoms with Gasteiger partial charge in [-0.3, -0.25) is 9.88 Å². The molecule has 0 spiro atoms. The summed E-state index contributed by atoms with van der Waals surface area (Å²) in [6.07, 6.45) is 0.507. The lowest BCUT2D eigenvalue weighted by molar-refractivity contribution is -0.187. The van der Waals surface area contributed by atoms with Crippen molar-refractivity contribution in [1.82, 2.24) is 9.88 Å². The molecule has 2 atom stereocenters. The Bertz CT molecular complexity index is 394. The number of aromatic nitrogens is 1. The first-order valence-corrected chi connectivity index (χ1v) is 6.46. The summed E-state index contributed by atoms with van der Waals surface area (Å²) in [6, 6.07) is 1.94. The molecular weight excluding hydrogens is 255 g/mol. The van der Waals surface area contributed by atoms with E-state index in [0.717, 1.165) is 18.4 Å². The topological polar surface area (TPSA) is 42.1 Å². The van der Waals surface area contributed by atoms with E-state index >= 15 is 0 Å². The second-order valence-electron chi connectivity index (χ2n) is 4.82. The number of nitrogens with zero attached hydrogens (tertiary/aromatic N) is 2. The third-order valence-corrected chi connectivity index (χ3v) is 3.58. The Hall–Kier alpha value is -1.14. The van der Waals surface area contributed by atoms with Gasteiger partial charge in [-0.1, -0.05) is 6.07 Å². The fourth-order valence-electron chi connectivity index (χ4n) is 2.77. The van der Waals surface area contributed by atoms with E-state index in [-0.39, 0.29) is 19.0 Å². The summed E-state index contributed by atoms with van der Waals surface area (Å²) in [5.41, 5.74) is 6.19. The van der Waals surface area contributed by atoms with Crippen LogP contribution in [0, 0.1) is 0 Å². The summed E-state index contributed by atoms with van der Waals surface area (Å²) in [5, 5.41) is 0. The van der Waals surface area contributed by atoms with Gasteiger partial charge in [0.15, 0.2) is 0 Å². The van der Waals surface area contributed by atoms with Crippen molar-refractivity contribution in [2.24, 2.45) is 5.73 Å². The van der Waals surface area contributed by atoms with Gasteiger partial charge in [-0.05, 0) is 44.0 Å². The molecule has 1 fully saturated rings. The number of likely N-dealkylation sites (tertiary alicyclic amines) is 1. The Morgan fingerprint density at radius 3 is 2.84 bits per heavy atom. The molecule has 6 heteroatoms. The van der Waals surface area contributed by atoms with E-state index in [9.17, 15) is 13.2 Å². The van der Waals surface area contributed by atoms with Crippen molar-refractivity contribution in [3.63, 3.8) is 0 Å². The number of pyridine rings is 1. The molecule has 2 rings (SSSR count). The van der Waals surface area contributed by atoms with Gasteiger partial charge in [-0.15, -0.1) is 0 Å². The van der Waals surface area contributed by atoms with Crippen LogP contribution in [-0.2, 0) is 0 Å². The van der Waals surface area contributed by atoms with Gasteiger partial charge in [0.2, 0.25) is 0 Å². The summed E-state index contributed by atoms with van der Waals surface area (Å²) in [7, 11) is 0. The van der Waals surface area contributed by atoms with Gasteiger partial charge in [0, 0.05) is 18.4 Å². The third-order valence-electron chi connectivity index (χ3n) is 3.58. The number of nitrogens with two attached hydrogens (primary N) is 1. The molecule has 106 valence electrons. The average molecular weight is 273 g/mol. The molecule has 1 saturated heterocycles. The Morgan fingerprint density at radius 1 is 1.47 bits per heavy atom. The van der Waals surface area contributed by atoms with E-state index in [1.54, 1.807) is 18.5 Å². The van der Waals surface area contributed by atoms with Gasteiger partial charge in [-0.2, -0.15) is 13.2 Å². The fourth-order valence-corrected chi connectivity index (χ4v) is 2.77. The molecule has 0 amide bonds. The van der Waals surface area contributed by atoms with Gasteiger partial charge >= 0.3 is 6.18 Å². The SMILES string of the molecule is NCCC(N1CCCC1c1cccnc1)C(F)(F)F. The molecule has 2 unspecified atom stereocenters. The maximum Gasteiger partial charge on any atom is 0.404 e. The van der Waals surface area contributed by atoms with Crippen molar-refractivity contribution < 1.29 is 13.2 Å². The third kappa shape index (κ3) is 3.25. The van der Waals surface area contributed by atoms with Gasteiger partial charge in [0.25, 0.3) is 0 Å². The standard InChI is InChI=1S/C13H18F3N3/c14-13(15,16)12(5-6-17)19-8-2-4-11(19)10-3-1-7-18-9-10/h1,3,7,9,11-12H,2,4-6,8,17H2. The van der Waals surface area contributed by atoms with Gasteiger partial charge in [0.1, 0.15) is 6.04 Å². The summed E-state index contributed by atoms with van der Waals surface area (Å²) < 4.78 is 39.4. The highest BCUT2D eigenvalue weighted by Gasteiger charge is 2.46. The zero-order valence-electron chi connectivity index (χ0n) is 10.6. The van der Waals surface area contributed by atoms with E-state index < -0.39 is 12.2 Å². The minimum Gasteiger partial charge on any atom is -0.330 e. The van der Waals surface area contributed by atoms with Crippen LogP contribution >= 0.6 is 0 Å². The minimum absolute atomic E-state index is 0.0421. The zero-order valence-corrected chi connectivity index (χ0v) is 10.6. The lowest BCUT2D eigenvalue weighted by Gasteiger charge is -2.34. The first-order chi connectivity index (χ1) is 9.04. The van der Waals surface area contributed by atoms with Crippen LogP contribution in [0.1, 0.15) is 30.9 Å². The van der Waals surface area contributed by atoms with E-state index in [1.165, 1.54) is 4.90 Å². The smallest absolute Gasteiger partial charge is 0.330 e. The van der Waals surface area contributed by atoms with Crippen LogP contribution in [0.25, 0.3) is 0 Å². The maximum absolute atomic E-state index is 13.1. The second-order valence-corrected chi connectivity index (χ2v) is 4.82. The lowest BCUT2D eigenvalue weighted by atomic mass is 10.0. The number of rotatable bonds is 4. The Kier molecular flexibility index (Phi) is 4.42. The molecule has 2 heterocycles. The first kappa shape index (κ1) is 14.3. The predicted molar refractivity (Wildman–Crippen MR) is 66.4 cm³/mol. The largest absolute Gasteiger partial charge is 0.404 e. The van der Waals surface area contributed by atoms with Crippen molar-refractivity contribution in [1.29, 1.82) is 0 Å². The molecule has 1 aromatic rings. The summed E-state index contributed by atoms with van der Waals surface area (Å²) in [5.74, 6) is 0. The van der Waals surface area contributed by atoms with Crippen LogP contribution < -0.4 is 5.73 Å². The molecule has 0 aliphatic carbocycles. The van der Waals surface area contributed by atoms with Crippen molar-refractivity contribution in [3.05, 3.63) is 30.1 Å². The van der Waals surface area contributed by atoms with Gasteiger partial charge < -0.3 is 5.73 Å². The number of hydrogen-bond donors (Lipinski definition) is 1. The highest BCUT2D eigenvalue weighted by atomic mass is 19.4. The van der Waals surface area contributed by atoms with Gasteiger partial charge in [-0.25, -0.2) is 0 Å². The van der Waals surface area contributed by atoms with Crippen LogP contribution in [0.4, 0.5) is 13.2 Å². The van der Waals surface area contributed by atoms with E-state index in [1.807, 2.05) is 6.07 Å². The zero-order chi connectivity index (χ0) is 13.9. The maximum atomic E-state index is 13.1. The lowest BCUT2D eigenvalue weighted by Crippen LogP contribution is -2.46. The van der Waals surface area contributed by atoms with Crippen molar-refractivity contribution >= 4 is 0 Å². The van der Waals surface area contributed by atoms with Crippen molar-refractivity contribution in [2.75, 3.05) is 13.1 Å². The summed E-state index contributed by atoms with van der Waals surface area (Å²) in [4.78, 5) is 5.53.